The summed E-state index contributed by atoms with van der Waals surface area (Å²) in [4.78, 5) is 6.71. The molecule has 1 aliphatic rings. The number of likely N-dealkylation sites (N-methyl/N-ethyl adjacent to an activating group) is 1. The zero-order valence-electron chi connectivity index (χ0n) is 17.7. The Kier molecular flexibility index (Phi) is 5.23. The van der Waals surface area contributed by atoms with Gasteiger partial charge in [0.05, 0.1) is 11.2 Å². The predicted molar refractivity (Wildman–Crippen MR) is 127 cm³/mol. The summed E-state index contributed by atoms with van der Waals surface area (Å²) in [5, 5.41) is 1.26. The van der Waals surface area contributed by atoms with E-state index in [1.54, 1.807) is 13.1 Å². The average molecular weight is 468 g/mol. The van der Waals surface area contributed by atoms with Crippen LogP contribution in [0.3, 0.4) is 0 Å². The molecule has 0 N–H and O–H groups in total. The topological polar surface area (TPSA) is 55.2 Å². The van der Waals surface area contributed by atoms with Gasteiger partial charge in [-0.25, -0.2) is 13.3 Å². The Labute approximate surface area is 190 Å². The summed E-state index contributed by atoms with van der Waals surface area (Å²) >= 11 is 1.16. The van der Waals surface area contributed by atoms with Crippen molar-refractivity contribution in [2.45, 2.75) is 17.6 Å². The van der Waals surface area contributed by atoms with Crippen molar-refractivity contribution < 1.29 is 12.8 Å². The maximum Gasteiger partial charge on any atom is 0.279 e. The molecule has 0 saturated heterocycles. The van der Waals surface area contributed by atoms with Crippen LogP contribution in [0.25, 0.3) is 27.0 Å². The van der Waals surface area contributed by atoms with E-state index in [0.29, 0.717) is 21.6 Å². The maximum atomic E-state index is 14.1. The Morgan fingerprint density at radius 2 is 1.91 bits per heavy atom. The number of aromatic nitrogens is 2. The molecule has 1 aliphatic heterocycles. The number of hydrogen-bond donors (Lipinski definition) is 0. The highest BCUT2D eigenvalue weighted by atomic mass is 32.2. The monoisotopic (exact) mass is 467 g/mol. The molecule has 0 unspecified atom stereocenters. The van der Waals surface area contributed by atoms with E-state index in [2.05, 4.69) is 16.0 Å². The van der Waals surface area contributed by atoms with Crippen molar-refractivity contribution in [3.05, 3.63) is 77.9 Å². The second-order valence-corrected chi connectivity index (χ2v) is 11.0. The first-order valence-electron chi connectivity index (χ1n) is 10.3. The molecule has 0 aliphatic carbocycles. The van der Waals surface area contributed by atoms with Gasteiger partial charge in [-0.2, -0.15) is 8.42 Å². The van der Waals surface area contributed by atoms with E-state index >= 15 is 0 Å². The van der Waals surface area contributed by atoms with Crippen LogP contribution in [0.2, 0.25) is 0 Å². The van der Waals surface area contributed by atoms with Crippen LogP contribution in [0.5, 0.6) is 0 Å². The van der Waals surface area contributed by atoms with E-state index in [9.17, 15) is 12.8 Å². The van der Waals surface area contributed by atoms with Gasteiger partial charge in [0, 0.05) is 35.8 Å². The number of benzene rings is 2. The van der Waals surface area contributed by atoms with Crippen molar-refractivity contribution >= 4 is 37.8 Å². The lowest BCUT2D eigenvalue weighted by Crippen LogP contribution is -2.23. The molecule has 0 bridgehead atoms. The zero-order valence-corrected chi connectivity index (χ0v) is 19.4. The molecule has 4 aromatic rings. The molecule has 3 heterocycles. The quantitative estimate of drug-likeness (QED) is 0.416. The molecule has 0 fully saturated rings. The van der Waals surface area contributed by atoms with Crippen molar-refractivity contribution in [1.29, 1.82) is 0 Å². The normalized spacial score (nSPS) is 15.3. The first-order valence-corrected chi connectivity index (χ1v) is 12.6. The van der Waals surface area contributed by atoms with Crippen molar-refractivity contribution in [1.82, 2.24) is 13.9 Å². The Hall–Kier alpha value is -2.81. The van der Waals surface area contributed by atoms with Gasteiger partial charge in [0.1, 0.15) is 10.8 Å². The van der Waals surface area contributed by atoms with E-state index in [4.69, 9.17) is 0 Å². The molecule has 164 valence electrons. The van der Waals surface area contributed by atoms with E-state index in [1.165, 1.54) is 22.2 Å². The maximum absolute atomic E-state index is 14.1. The van der Waals surface area contributed by atoms with E-state index in [1.807, 2.05) is 37.4 Å². The zero-order chi connectivity index (χ0) is 22.5. The summed E-state index contributed by atoms with van der Waals surface area (Å²) in [6, 6.07) is 13.8. The molecule has 2 aromatic carbocycles. The van der Waals surface area contributed by atoms with Gasteiger partial charge >= 0.3 is 0 Å². The van der Waals surface area contributed by atoms with Crippen molar-refractivity contribution in [2.24, 2.45) is 0 Å². The molecule has 5 nitrogen and oxygen atoms in total. The summed E-state index contributed by atoms with van der Waals surface area (Å²) in [5.74, 6) is -0.386. The predicted octanol–water partition coefficient (Wildman–Crippen LogP) is 5.17. The SMILES string of the molecule is Cc1nc(-c2ccccc2)sc1S(=O)(=O)n1cc(C2=CCN(C)CC2)c2cc(F)ccc21. The van der Waals surface area contributed by atoms with Crippen molar-refractivity contribution in [3.8, 4) is 10.6 Å². The Morgan fingerprint density at radius 3 is 2.62 bits per heavy atom. The third kappa shape index (κ3) is 3.58. The molecule has 32 heavy (non-hydrogen) atoms. The highest BCUT2D eigenvalue weighted by Crippen LogP contribution is 2.37. The van der Waals surface area contributed by atoms with Crippen LogP contribution in [-0.4, -0.2) is 42.4 Å². The third-order valence-corrected chi connectivity index (χ3v) is 9.23. The molecule has 8 heteroatoms. The van der Waals surface area contributed by atoms with E-state index < -0.39 is 10.0 Å². The van der Waals surface area contributed by atoms with Gasteiger partial charge in [-0.05, 0) is 44.2 Å². The molecule has 5 rings (SSSR count). The summed E-state index contributed by atoms with van der Waals surface area (Å²) < 4.78 is 43.1. The number of rotatable bonds is 4. The summed E-state index contributed by atoms with van der Waals surface area (Å²) in [6.45, 7) is 3.36. The molecule has 0 radical (unpaired) electrons. The molecule has 0 amide bonds. The highest BCUT2D eigenvalue weighted by molar-refractivity contribution is 7.92. The van der Waals surface area contributed by atoms with Crippen molar-refractivity contribution in [3.63, 3.8) is 0 Å². The number of halogens is 1. The van der Waals surface area contributed by atoms with Crippen LogP contribution in [0.1, 0.15) is 17.7 Å². The Bertz CT molecular complexity index is 1450. The fourth-order valence-electron chi connectivity index (χ4n) is 4.06. The average Bonchev–Trinajstić information content (AvgIpc) is 3.36. The second-order valence-electron chi connectivity index (χ2n) is 8.00. The van der Waals surface area contributed by atoms with Crippen LogP contribution >= 0.6 is 11.3 Å². The lowest BCUT2D eigenvalue weighted by molar-refractivity contribution is 0.370. The molecular formula is C24H22FN3O2S2. The van der Waals surface area contributed by atoms with Gasteiger partial charge in [-0.15, -0.1) is 11.3 Å². The third-order valence-electron chi connectivity index (χ3n) is 5.76. The number of nitrogens with zero attached hydrogens (tertiary/aromatic N) is 3. The highest BCUT2D eigenvalue weighted by Gasteiger charge is 2.28. The van der Waals surface area contributed by atoms with Crippen molar-refractivity contribution in [2.75, 3.05) is 20.1 Å². The minimum atomic E-state index is -3.91. The standard InChI is InChI=1S/C24H22FN3O2S2/c1-16-24(31-23(26-16)18-6-4-3-5-7-18)32(29,30)28-15-21(17-10-12-27(2)13-11-17)20-14-19(25)8-9-22(20)28/h3-10,14-15H,11-13H2,1-2H3. The smallest absolute Gasteiger partial charge is 0.279 e. The van der Waals surface area contributed by atoms with Gasteiger partial charge in [0.25, 0.3) is 10.0 Å². The number of aryl methyl sites for hydroxylation is 1. The summed E-state index contributed by atoms with van der Waals surface area (Å²) in [6.07, 6.45) is 4.51. The minimum absolute atomic E-state index is 0.196. The summed E-state index contributed by atoms with van der Waals surface area (Å²) in [7, 11) is -1.87. The van der Waals surface area contributed by atoms with Crippen LogP contribution in [0, 0.1) is 12.7 Å². The molecule has 0 atom stereocenters. The number of hydrogen-bond acceptors (Lipinski definition) is 5. The lowest BCUT2D eigenvalue weighted by atomic mass is 9.99. The Morgan fingerprint density at radius 1 is 1.12 bits per heavy atom. The summed E-state index contributed by atoms with van der Waals surface area (Å²) in [5.41, 5.74) is 3.60. The van der Waals surface area contributed by atoms with Crippen LogP contribution in [-0.2, 0) is 10.0 Å². The van der Waals surface area contributed by atoms with Gasteiger partial charge in [-0.1, -0.05) is 36.4 Å². The molecular weight excluding hydrogens is 445 g/mol. The second kappa shape index (κ2) is 7.95. The molecule has 0 saturated carbocycles. The lowest BCUT2D eigenvalue weighted by Gasteiger charge is -2.21. The van der Waals surface area contributed by atoms with Gasteiger partial charge in [0.2, 0.25) is 0 Å². The van der Waals surface area contributed by atoms with Crippen LogP contribution < -0.4 is 0 Å². The van der Waals surface area contributed by atoms with Crippen LogP contribution in [0.15, 0.2) is 65.0 Å². The van der Waals surface area contributed by atoms with E-state index in [-0.39, 0.29) is 10.0 Å². The first kappa shape index (κ1) is 21.1. The fourth-order valence-corrected chi connectivity index (χ4v) is 7.02. The van der Waals surface area contributed by atoms with Crippen LogP contribution in [0.4, 0.5) is 4.39 Å². The van der Waals surface area contributed by atoms with Gasteiger partial charge in [-0.3, -0.25) is 0 Å². The Balaban J connectivity index is 1.67. The van der Waals surface area contributed by atoms with E-state index in [0.717, 1.165) is 47.5 Å². The van der Waals surface area contributed by atoms with Gasteiger partial charge in [0.15, 0.2) is 4.21 Å². The largest absolute Gasteiger partial charge is 0.302 e. The number of fused-ring (bicyclic) bond motifs is 1. The fraction of sp³-hybridized carbons (Fsp3) is 0.208. The molecule has 0 spiro atoms. The first-order chi connectivity index (χ1) is 15.3. The number of thiazole rings is 1. The van der Waals surface area contributed by atoms with Gasteiger partial charge < -0.3 is 4.90 Å². The molecule has 2 aromatic heterocycles. The minimum Gasteiger partial charge on any atom is -0.302 e.